The van der Waals surface area contributed by atoms with Gasteiger partial charge in [-0.25, -0.2) is 4.39 Å². The van der Waals surface area contributed by atoms with Crippen molar-refractivity contribution in [1.82, 2.24) is 10.4 Å². The molecule has 1 aliphatic rings. The molecule has 2 atom stereocenters. The van der Waals surface area contributed by atoms with Crippen LogP contribution in [0.3, 0.4) is 0 Å². The minimum absolute atomic E-state index is 0.0530. The summed E-state index contributed by atoms with van der Waals surface area (Å²) < 4.78 is 13.0. The second-order valence-corrected chi connectivity index (χ2v) is 5.99. The van der Waals surface area contributed by atoms with Crippen molar-refractivity contribution in [2.24, 2.45) is 0 Å². The summed E-state index contributed by atoms with van der Waals surface area (Å²) in [5, 5.41) is 1.43. The van der Waals surface area contributed by atoms with Crippen molar-refractivity contribution in [3.05, 3.63) is 71.5 Å². The van der Waals surface area contributed by atoms with E-state index >= 15 is 0 Å². The lowest BCUT2D eigenvalue weighted by Gasteiger charge is -2.27. The summed E-state index contributed by atoms with van der Waals surface area (Å²) in [4.78, 5) is 41.0. The molecule has 0 aromatic heterocycles. The number of carbonyl (C=O) groups excluding carboxylic acids is 4. The van der Waals surface area contributed by atoms with Crippen LogP contribution in [-0.4, -0.2) is 29.0 Å². The second-order valence-electron chi connectivity index (χ2n) is 5.99. The van der Waals surface area contributed by atoms with Gasteiger partial charge in [0.1, 0.15) is 5.82 Å². The molecule has 1 N–H and O–H groups in total. The largest absolute Gasteiger partial charge is 0.373 e. The molecule has 0 unspecified atom stereocenters. The molecule has 7 heteroatoms. The molecular weight excluding hydrogens is 351 g/mol. The van der Waals surface area contributed by atoms with Crippen molar-refractivity contribution in [3.8, 4) is 0 Å². The molecule has 0 radical (unpaired) electrons. The second kappa shape index (κ2) is 9.40. The predicted octanol–water partition coefficient (Wildman–Crippen LogP) is 2.68. The van der Waals surface area contributed by atoms with Gasteiger partial charge in [0.15, 0.2) is 0 Å². The SMILES string of the molecule is CC[C@H]1[C@H](c2ccccc2)CC(=O)N1NC(=O)c1ccc(F)cc1.O=C=O. The van der Waals surface area contributed by atoms with Crippen molar-refractivity contribution in [2.45, 2.75) is 31.7 Å². The van der Waals surface area contributed by atoms with Crippen molar-refractivity contribution in [2.75, 3.05) is 0 Å². The highest BCUT2D eigenvalue weighted by molar-refractivity contribution is 5.95. The summed E-state index contributed by atoms with van der Waals surface area (Å²) >= 11 is 0. The quantitative estimate of drug-likeness (QED) is 0.897. The van der Waals surface area contributed by atoms with Gasteiger partial charge >= 0.3 is 6.15 Å². The van der Waals surface area contributed by atoms with Gasteiger partial charge in [0.2, 0.25) is 5.91 Å². The summed E-state index contributed by atoms with van der Waals surface area (Å²) in [6.07, 6.45) is 1.35. The summed E-state index contributed by atoms with van der Waals surface area (Å²) in [5.41, 5.74) is 4.10. The Hall–Kier alpha value is -3.31. The molecule has 0 spiro atoms. The first kappa shape index (κ1) is 20.0. The fourth-order valence-corrected chi connectivity index (χ4v) is 3.22. The maximum absolute atomic E-state index is 13.0. The summed E-state index contributed by atoms with van der Waals surface area (Å²) in [6, 6.07) is 15.0. The molecule has 1 saturated heterocycles. The Morgan fingerprint density at radius 2 is 1.74 bits per heavy atom. The van der Waals surface area contributed by atoms with Crippen LogP contribution >= 0.6 is 0 Å². The Kier molecular flexibility index (Phi) is 6.97. The van der Waals surface area contributed by atoms with Crippen LogP contribution in [0.2, 0.25) is 0 Å². The average Bonchev–Trinajstić information content (AvgIpc) is 2.99. The molecule has 3 rings (SSSR count). The van der Waals surface area contributed by atoms with Crippen molar-refractivity contribution < 1.29 is 23.6 Å². The summed E-state index contributed by atoms with van der Waals surface area (Å²) in [7, 11) is 0. The third-order valence-electron chi connectivity index (χ3n) is 4.43. The molecule has 2 amide bonds. The normalized spacial score (nSPS) is 18.3. The van der Waals surface area contributed by atoms with E-state index in [1.807, 2.05) is 37.3 Å². The van der Waals surface area contributed by atoms with Gasteiger partial charge in [0.05, 0.1) is 6.04 Å². The fraction of sp³-hybridized carbons (Fsp3) is 0.250. The number of nitrogens with zero attached hydrogens (tertiary/aromatic N) is 1. The molecule has 0 aliphatic carbocycles. The zero-order chi connectivity index (χ0) is 19.8. The van der Waals surface area contributed by atoms with Gasteiger partial charge in [-0.05, 0) is 36.2 Å². The van der Waals surface area contributed by atoms with Crippen LogP contribution in [-0.2, 0) is 14.4 Å². The summed E-state index contributed by atoms with van der Waals surface area (Å²) in [5.74, 6) is -0.863. The lowest BCUT2D eigenvalue weighted by Crippen LogP contribution is -2.48. The van der Waals surface area contributed by atoms with E-state index in [0.29, 0.717) is 12.0 Å². The standard InChI is InChI=1S/C19H19FN2O2.CO2/c1-2-17-16(13-6-4-3-5-7-13)12-18(23)22(17)21-19(24)14-8-10-15(20)11-9-14;2-1-3/h3-11,16-17H,2,12H2,1H3,(H,21,24);/t16-,17-;/m0./s1. The molecule has 0 saturated carbocycles. The zero-order valence-corrected chi connectivity index (χ0v) is 14.7. The smallest absolute Gasteiger partial charge is 0.273 e. The molecule has 2 aromatic rings. The number of halogens is 1. The highest BCUT2D eigenvalue weighted by Crippen LogP contribution is 2.34. The van der Waals surface area contributed by atoms with Crippen LogP contribution < -0.4 is 5.43 Å². The molecule has 6 nitrogen and oxygen atoms in total. The fourth-order valence-electron chi connectivity index (χ4n) is 3.22. The lowest BCUT2D eigenvalue weighted by atomic mass is 9.90. The van der Waals surface area contributed by atoms with E-state index in [1.165, 1.54) is 29.3 Å². The van der Waals surface area contributed by atoms with Gasteiger partial charge in [-0.3, -0.25) is 20.0 Å². The van der Waals surface area contributed by atoms with Crippen LogP contribution in [0.5, 0.6) is 0 Å². The molecule has 27 heavy (non-hydrogen) atoms. The van der Waals surface area contributed by atoms with Gasteiger partial charge < -0.3 is 0 Å². The first-order valence-electron chi connectivity index (χ1n) is 8.44. The van der Waals surface area contributed by atoms with Crippen molar-refractivity contribution >= 4 is 18.0 Å². The number of hydrogen-bond donors (Lipinski definition) is 1. The Bertz CT molecular complexity index is 818. The van der Waals surface area contributed by atoms with E-state index in [-0.39, 0.29) is 24.0 Å². The lowest BCUT2D eigenvalue weighted by molar-refractivity contribution is -0.191. The number of hydrazine groups is 1. The molecule has 2 aromatic carbocycles. The third-order valence-corrected chi connectivity index (χ3v) is 4.43. The third kappa shape index (κ3) is 4.86. The first-order valence-corrected chi connectivity index (χ1v) is 8.44. The highest BCUT2D eigenvalue weighted by atomic mass is 19.1. The van der Waals surface area contributed by atoms with Crippen LogP contribution in [0.1, 0.15) is 41.6 Å². The predicted molar refractivity (Wildman–Crippen MR) is 93.6 cm³/mol. The Labute approximate surface area is 155 Å². The van der Waals surface area contributed by atoms with Crippen LogP contribution in [0, 0.1) is 5.82 Å². The monoisotopic (exact) mass is 370 g/mol. The Morgan fingerprint density at radius 1 is 1.15 bits per heavy atom. The van der Waals surface area contributed by atoms with E-state index in [1.54, 1.807) is 0 Å². The molecule has 140 valence electrons. The van der Waals surface area contributed by atoms with E-state index in [2.05, 4.69) is 5.43 Å². The number of nitrogens with one attached hydrogen (secondary N) is 1. The maximum atomic E-state index is 13.0. The number of rotatable bonds is 4. The topological polar surface area (TPSA) is 83.6 Å². The Balaban J connectivity index is 0.000000817. The number of carbonyl (C=O) groups is 2. The van der Waals surface area contributed by atoms with Gasteiger partial charge in [0.25, 0.3) is 5.91 Å². The van der Waals surface area contributed by atoms with Crippen LogP contribution in [0.25, 0.3) is 0 Å². The van der Waals surface area contributed by atoms with Gasteiger partial charge in [-0.1, -0.05) is 37.3 Å². The van der Waals surface area contributed by atoms with Crippen LogP contribution in [0.4, 0.5) is 4.39 Å². The molecule has 1 fully saturated rings. The minimum atomic E-state index is -0.407. The molecular formula is C20H19FN2O4. The van der Waals surface area contributed by atoms with E-state index in [0.717, 1.165) is 12.0 Å². The highest BCUT2D eigenvalue weighted by Gasteiger charge is 2.40. The first-order chi connectivity index (χ1) is 13.0. The minimum Gasteiger partial charge on any atom is -0.273 e. The number of benzene rings is 2. The van der Waals surface area contributed by atoms with E-state index in [9.17, 15) is 14.0 Å². The van der Waals surface area contributed by atoms with Gasteiger partial charge in [-0.2, -0.15) is 9.59 Å². The summed E-state index contributed by atoms with van der Waals surface area (Å²) in [6.45, 7) is 2.00. The Morgan fingerprint density at radius 3 is 2.30 bits per heavy atom. The number of amides is 2. The zero-order valence-electron chi connectivity index (χ0n) is 14.7. The van der Waals surface area contributed by atoms with Crippen LogP contribution in [0.15, 0.2) is 54.6 Å². The molecule has 1 aliphatic heterocycles. The maximum Gasteiger partial charge on any atom is 0.373 e. The van der Waals surface area contributed by atoms with E-state index < -0.39 is 11.7 Å². The van der Waals surface area contributed by atoms with Crippen molar-refractivity contribution in [1.29, 1.82) is 0 Å². The number of hydrogen-bond acceptors (Lipinski definition) is 4. The molecule has 0 bridgehead atoms. The van der Waals surface area contributed by atoms with E-state index in [4.69, 9.17) is 9.59 Å². The molecule has 1 heterocycles. The van der Waals surface area contributed by atoms with Gasteiger partial charge in [0, 0.05) is 17.9 Å². The van der Waals surface area contributed by atoms with Gasteiger partial charge in [-0.15, -0.1) is 0 Å². The van der Waals surface area contributed by atoms with Crippen molar-refractivity contribution in [3.63, 3.8) is 0 Å². The average molecular weight is 370 g/mol.